The van der Waals surface area contributed by atoms with Crippen LogP contribution >= 0.6 is 11.6 Å². The molecule has 0 fully saturated rings. The SMILES string of the molecule is COCc1nc(Cl)cc(N2CCCOc3ccccc32)n1. The molecule has 0 aliphatic carbocycles. The highest BCUT2D eigenvalue weighted by Crippen LogP contribution is 2.35. The van der Waals surface area contributed by atoms with Crippen LogP contribution in [0.5, 0.6) is 5.75 Å². The number of para-hydroxylation sites is 2. The van der Waals surface area contributed by atoms with E-state index in [4.69, 9.17) is 21.1 Å². The monoisotopic (exact) mass is 305 g/mol. The van der Waals surface area contributed by atoms with Gasteiger partial charge in [0.05, 0.1) is 12.3 Å². The van der Waals surface area contributed by atoms with Crippen molar-refractivity contribution in [3.8, 4) is 5.75 Å². The molecule has 0 N–H and O–H groups in total. The second kappa shape index (κ2) is 6.28. The van der Waals surface area contributed by atoms with Crippen molar-refractivity contribution in [3.05, 3.63) is 41.3 Å². The second-order valence-electron chi connectivity index (χ2n) is 4.72. The van der Waals surface area contributed by atoms with Gasteiger partial charge in [-0.05, 0) is 18.6 Å². The van der Waals surface area contributed by atoms with Crippen LogP contribution in [0, 0.1) is 0 Å². The van der Waals surface area contributed by atoms with Crippen LogP contribution < -0.4 is 9.64 Å². The Hall–Kier alpha value is -1.85. The Morgan fingerprint density at radius 2 is 2.19 bits per heavy atom. The van der Waals surface area contributed by atoms with Crippen LogP contribution in [-0.2, 0) is 11.3 Å². The molecule has 21 heavy (non-hydrogen) atoms. The lowest BCUT2D eigenvalue weighted by molar-refractivity contribution is 0.178. The van der Waals surface area contributed by atoms with E-state index in [2.05, 4.69) is 14.9 Å². The number of fused-ring (bicyclic) bond motifs is 1. The van der Waals surface area contributed by atoms with Gasteiger partial charge in [-0.2, -0.15) is 0 Å². The molecular weight excluding hydrogens is 290 g/mol. The molecule has 0 saturated carbocycles. The minimum Gasteiger partial charge on any atom is -0.491 e. The number of methoxy groups -OCH3 is 1. The van der Waals surface area contributed by atoms with Gasteiger partial charge in [-0.25, -0.2) is 9.97 Å². The molecule has 110 valence electrons. The predicted molar refractivity (Wildman–Crippen MR) is 81.3 cm³/mol. The molecule has 0 amide bonds. The van der Waals surface area contributed by atoms with Crippen LogP contribution in [0.3, 0.4) is 0 Å². The molecule has 1 aromatic heterocycles. The Labute approximate surface area is 128 Å². The molecular formula is C15H16ClN3O2. The summed E-state index contributed by atoms with van der Waals surface area (Å²) in [7, 11) is 1.61. The van der Waals surface area contributed by atoms with Gasteiger partial charge in [0.15, 0.2) is 5.82 Å². The third-order valence-electron chi connectivity index (χ3n) is 3.22. The third kappa shape index (κ3) is 3.09. The van der Waals surface area contributed by atoms with Crippen molar-refractivity contribution in [1.82, 2.24) is 9.97 Å². The molecule has 0 atom stereocenters. The lowest BCUT2D eigenvalue weighted by atomic mass is 10.2. The van der Waals surface area contributed by atoms with Crippen molar-refractivity contribution in [2.45, 2.75) is 13.0 Å². The quantitative estimate of drug-likeness (QED) is 0.815. The first-order valence-corrected chi connectivity index (χ1v) is 7.17. The summed E-state index contributed by atoms with van der Waals surface area (Å²) in [5, 5.41) is 0.412. The Balaban J connectivity index is 2.03. The van der Waals surface area contributed by atoms with Crippen molar-refractivity contribution in [2.75, 3.05) is 25.2 Å². The average Bonchev–Trinajstić information content (AvgIpc) is 2.69. The van der Waals surface area contributed by atoms with Crippen molar-refractivity contribution in [2.24, 2.45) is 0 Å². The molecule has 0 unspecified atom stereocenters. The number of halogens is 1. The summed E-state index contributed by atoms with van der Waals surface area (Å²) in [6.07, 6.45) is 0.913. The maximum absolute atomic E-state index is 6.11. The topological polar surface area (TPSA) is 47.5 Å². The Bertz CT molecular complexity index is 636. The first-order chi connectivity index (χ1) is 10.3. The highest BCUT2D eigenvalue weighted by atomic mass is 35.5. The maximum Gasteiger partial charge on any atom is 0.158 e. The lowest BCUT2D eigenvalue weighted by Crippen LogP contribution is -2.19. The minimum absolute atomic E-state index is 0.333. The Morgan fingerprint density at radius 1 is 1.33 bits per heavy atom. The lowest BCUT2D eigenvalue weighted by Gasteiger charge is -2.23. The van der Waals surface area contributed by atoms with Crippen LogP contribution in [0.2, 0.25) is 5.15 Å². The van der Waals surface area contributed by atoms with Gasteiger partial charge in [0, 0.05) is 19.7 Å². The van der Waals surface area contributed by atoms with Crippen LogP contribution in [0.15, 0.2) is 30.3 Å². The van der Waals surface area contributed by atoms with Crippen LogP contribution in [0.4, 0.5) is 11.5 Å². The van der Waals surface area contributed by atoms with E-state index >= 15 is 0 Å². The first-order valence-electron chi connectivity index (χ1n) is 6.79. The van der Waals surface area contributed by atoms with E-state index in [-0.39, 0.29) is 0 Å². The van der Waals surface area contributed by atoms with E-state index in [1.54, 1.807) is 13.2 Å². The van der Waals surface area contributed by atoms with Crippen molar-refractivity contribution in [3.63, 3.8) is 0 Å². The van der Waals surface area contributed by atoms with Gasteiger partial charge in [0.25, 0.3) is 0 Å². The molecule has 2 heterocycles. The van der Waals surface area contributed by atoms with Crippen molar-refractivity contribution >= 4 is 23.1 Å². The molecule has 1 aliphatic rings. The molecule has 6 heteroatoms. The number of nitrogens with zero attached hydrogens (tertiary/aromatic N) is 3. The Kier molecular flexibility index (Phi) is 4.22. The van der Waals surface area contributed by atoms with Crippen molar-refractivity contribution < 1.29 is 9.47 Å². The van der Waals surface area contributed by atoms with Crippen molar-refractivity contribution in [1.29, 1.82) is 0 Å². The van der Waals surface area contributed by atoms with Gasteiger partial charge in [-0.1, -0.05) is 23.7 Å². The second-order valence-corrected chi connectivity index (χ2v) is 5.11. The normalized spacial score (nSPS) is 14.3. The van der Waals surface area contributed by atoms with Crippen LogP contribution in [0.1, 0.15) is 12.2 Å². The van der Waals surface area contributed by atoms with Gasteiger partial charge >= 0.3 is 0 Å². The number of benzene rings is 1. The fourth-order valence-corrected chi connectivity index (χ4v) is 2.54. The summed E-state index contributed by atoms with van der Waals surface area (Å²) in [6, 6.07) is 9.70. The highest BCUT2D eigenvalue weighted by Gasteiger charge is 2.19. The third-order valence-corrected chi connectivity index (χ3v) is 3.41. The standard InChI is InChI=1S/C15H16ClN3O2/c1-20-10-14-17-13(16)9-15(18-14)19-7-4-8-21-12-6-3-2-5-11(12)19/h2-3,5-6,9H,4,7-8,10H2,1H3. The molecule has 0 bridgehead atoms. The van der Waals surface area contributed by atoms with Crippen LogP contribution in [0.25, 0.3) is 0 Å². The number of anilines is 2. The molecule has 3 rings (SSSR count). The molecule has 0 saturated heterocycles. The van der Waals surface area contributed by atoms with Gasteiger partial charge in [0.1, 0.15) is 23.3 Å². The van der Waals surface area contributed by atoms with E-state index < -0.39 is 0 Å². The molecule has 5 nitrogen and oxygen atoms in total. The van der Waals surface area contributed by atoms with E-state index in [1.807, 2.05) is 24.3 Å². The maximum atomic E-state index is 6.11. The largest absolute Gasteiger partial charge is 0.491 e. The first kappa shape index (κ1) is 14.1. The minimum atomic E-state index is 0.333. The van der Waals surface area contributed by atoms with E-state index in [0.29, 0.717) is 24.2 Å². The van der Waals surface area contributed by atoms with E-state index in [0.717, 1.165) is 30.2 Å². The zero-order valence-corrected chi connectivity index (χ0v) is 12.5. The summed E-state index contributed by atoms with van der Waals surface area (Å²) in [5.74, 6) is 2.20. The number of aromatic nitrogens is 2. The molecule has 0 spiro atoms. The number of hydrogen-bond acceptors (Lipinski definition) is 5. The fourth-order valence-electron chi connectivity index (χ4n) is 2.35. The van der Waals surface area contributed by atoms with Gasteiger partial charge < -0.3 is 14.4 Å². The molecule has 0 radical (unpaired) electrons. The number of ether oxygens (including phenoxy) is 2. The summed E-state index contributed by atoms with van der Waals surface area (Å²) in [4.78, 5) is 10.8. The van der Waals surface area contributed by atoms with Gasteiger partial charge in [0.2, 0.25) is 0 Å². The highest BCUT2D eigenvalue weighted by molar-refractivity contribution is 6.29. The molecule has 1 aromatic carbocycles. The smallest absolute Gasteiger partial charge is 0.158 e. The summed E-state index contributed by atoms with van der Waals surface area (Å²) in [6.45, 7) is 1.84. The van der Waals surface area contributed by atoms with E-state index in [9.17, 15) is 0 Å². The summed E-state index contributed by atoms with van der Waals surface area (Å²) >= 11 is 6.11. The Morgan fingerprint density at radius 3 is 3.05 bits per heavy atom. The number of hydrogen-bond donors (Lipinski definition) is 0. The summed E-state index contributed by atoms with van der Waals surface area (Å²) < 4.78 is 10.9. The summed E-state index contributed by atoms with van der Waals surface area (Å²) in [5.41, 5.74) is 0.994. The van der Waals surface area contributed by atoms with Crippen LogP contribution in [-0.4, -0.2) is 30.2 Å². The van der Waals surface area contributed by atoms with Gasteiger partial charge in [-0.3, -0.25) is 0 Å². The predicted octanol–water partition coefficient (Wildman–Crippen LogP) is 3.20. The number of rotatable bonds is 3. The zero-order valence-electron chi connectivity index (χ0n) is 11.8. The van der Waals surface area contributed by atoms with E-state index in [1.165, 1.54) is 0 Å². The average molecular weight is 306 g/mol. The fraction of sp³-hybridized carbons (Fsp3) is 0.333. The molecule has 1 aliphatic heterocycles. The molecule has 2 aromatic rings. The zero-order chi connectivity index (χ0) is 14.7. The van der Waals surface area contributed by atoms with Gasteiger partial charge in [-0.15, -0.1) is 0 Å².